The second kappa shape index (κ2) is 6.92. The van der Waals surface area contributed by atoms with Crippen molar-refractivity contribution in [1.29, 1.82) is 0 Å². The van der Waals surface area contributed by atoms with Crippen molar-refractivity contribution in [3.8, 4) is 0 Å². The van der Waals surface area contributed by atoms with Crippen LogP contribution in [-0.2, 0) is 6.42 Å². The summed E-state index contributed by atoms with van der Waals surface area (Å²) in [6.45, 7) is 6.38. The van der Waals surface area contributed by atoms with Gasteiger partial charge in [0.15, 0.2) is 0 Å². The molecule has 0 saturated carbocycles. The maximum atomic E-state index is 5.62. The number of anilines is 1. The maximum Gasteiger partial charge on any atom is 0.0366 e. The summed E-state index contributed by atoms with van der Waals surface area (Å²) >= 11 is 0. The molecule has 0 bridgehead atoms. The van der Waals surface area contributed by atoms with Gasteiger partial charge in [-0.15, -0.1) is 0 Å². The van der Waals surface area contributed by atoms with Crippen LogP contribution in [0.5, 0.6) is 0 Å². The number of likely N-dealkylation sites (tertiary alicyclic amines) is 1. The molecule has 1 aromatic carbocycles. The van der Waals surface area contributed by atoms with Gasteiger partial charge >= 0.3 is 0 Å². The van der Waals surface area contributed by atoms with Gasteiger partial charge in [-0.05, 0) is 37.0 Å². The van der Waals surface area contributed by atoms with Crippen LogP contribution < -0.4 is 10.6 Å². The second-order valence-electron chi connectivity index (χ2n) is 5.49. The lowest BCUT2D eigenvalue weighted by Crippen LogP contribution is -2.44. The molecule has 0 atom stereocenters. The Morgan fingerprint density at radius 2 is 1.84 bits per heavy atom. The van der Waals surface area contributed by atoms with Gasteiger partial charge in [0.2, 0.25) is 0 Å². The van der Waals surface area contributed by atoms with Crippen molar-refractivity contribution in [1.82, 2.24) is 4.90 Å². The lowest BCUT2D eigenvalue weighted by molar-refractivity contribution is 0.216. The second-order valence-corrected chi connectivity index (χ2v) is 5.49. The third-order valence-electron chi connectivity index (χ3n) is 4.30. The van der Waals surface area contributed by atoms with Crippen LogP contribution >= 0.6 is 0 Å². The molecule has 1 heterocycles. The van der Waals surface area contributed by atoms with Gasteiger partial charge in [-0.2, -0.15) is 0 Å². The van der Waals surface area contributed by atoms with E-state index in [4.69, 9.17) is 5.73 Å². The van der Waals surface area contributed by atoms with Gasteiger partial charge in [0, 0.05) is 45.0 Å². The molecule has 0 aromatic heterocycles. The molecule has 2 rings (SSSR count). The van der Waals surface area contributed by atoms with E-state index < -0.39 is 0 Å². The summed E-state index contributed by atoms with van der Waals surface area (Å²) in [7, 11) is 2.23. The number of piperidine rings is 1. The third kappa shape index (κ3) is 3.71. The molecule has 1 aromatic rings. The van der Waals surface area contributed by atoms with E-state index in [1.807, 2.05) is 0 Å². The number of rotatable bonds is 5. The molecular formula is C16H27N3. The fraction of sp³-hybridized carbons (Fsp3) is 0.625. The summed E-state index contributed by atoms with van der Waals surface area (Å²) in [5.74, 6) is 0. The molecular weight excluding hydrogens is 234 g/mol. The van der Waals surface area contributed by atoms with E-state index in [9.17, 15) is 0 Å². The highest BCUT2D eigenvalue weighted by Crippen LogP contribution is 2.22. The lowest BCUT2D eigenvalue weighted by Gasteiger charge is -2.37. The first-order valence-corrected chi connectivity index (χ1v) is 7.48. The maximum absolute atomic E-state index is 5.62. The van der Waals surface area contributed by atoms with Crippen LogP contribution in [0.1, 0.15) is 25.3 Å². The third-order valence-corrected chi connectivity index (χ3v) is 4.30. The number of aryl methyl sites for hydroxylation is 1. The van der Waals surface area contributed by atoms with Crippen LogP contribution in [0.25, 0.3) is 0 Å². The summed E-state index contributed by atoms with van der Waals surface area (Å²) in [5.41, 5.74) is 8.37. The van der Waals surface area contributed by atoms with Gasteiger partial charge < -0.3 is 15.5 Å². The van der Waals surface area contributed by atoms with Gasteiger partial charge in [-0.1, -0.05) is 19.1 Å². The summed E-state index contributed by atoms with van der Waals surface area (Å²) < 4.78 is 0. The van der Waals surface area contributed by atoms with Crippen molar-refractivity contribution < 1.29 is 0 Å². The highest BCUT2D eigenvalue weighted by atomic mass is 15.2. The van der Waals surface area contributed by atoms with Gasteiger partial charge in [-0.25, -0.2) is 0 Å². The molecule has 1 aliphatic rings. The minimum atomic E-state index is 0.668. The largest absolute Gasteiger partial charge is 0.372 e. The molecule has 0 aliphatic carbocycles. The highest BCUT2D eigenvalue weighted by molar-refractivity contribution is 5.48. The van der Waals surface area contributed by atoms with Crippen LogP contribution in [0.15, 0.2) is 24.3 Å². The van der Waals surface area contributed by atoms with Crippen LogP contribution in [0.2, 0.25) is 0 Å². The lowest BCUT2D eigenvalue weighted by atomic mass is 10.0. The molecule has 0 spiro atoms. The number of benzene rings is 1. The van der Waals surface area contributed by atoms with Crippen LogP contribution in [-0.4, -0.2) is 44.2 Å². The zero-order valence-electron chi connectivity index (χ0n) is 12.3. The van der Waals surface area contributed by atoms with E-state index in [-0.39, 0.29) is 0 Å². The van der Waals surface area contributed by atoms with Crippen molar-refractivity contribution in [2.24, 2.45) is 5.73 Å². The number of nitrogens with zero attached hydrogens (tertiary/aromatic N) is 2. The number of hydrogen-bond acceptors (Lipinski definition) is 3. The molecule has 1 fully saturated rings. The van der Waals surface area contributed by atoms with E-state index in [0.29, 0.717) is 6.04 Å². The summed E-state index contributed by atoms with van der Waals surface area (Å²) in [6.07, 6.45) is 3.60. The quantitative estimate of drug-likeness (QED) is 0.881. The summed E-state index contributed by atoms with van der Waals surface area (Å²) in [5, 5.41) is 0. The van der Waals surface area contributed by atoms with E-state index in [2.05, 4.69) is 48.0 Å². The van der Waals surface area contributed by atoms with Gasteiger partial charge in [0.25, 0.3) is 0 Å². The molecule has 0 radical (unpaired) electrons. The molecule has 1 aliphatic heterocycles. The summed E-state index contributed by atoms with van der Waals surface area (Å²) in [4.78, 5) is 4.92. The predicted molar refractivity (Wildman–Crippen MR) is 82.7 cm³/mol. The minimum absolute atomic E-state index is 0.668. The molecule has 0 amide bonds. The van der Waals surface area contributed by atoms with Crippen molar-refractivity contribution in [2.45, 2.75) is 32.2 Å². The zero-order chi connectivity index (χ0) is 13.7. The topological polar surface area (TPSA) is 32.5 Å². The van der Waals surface area contributed by atoms with E-state index in [1.54, 1.807) is 0 Å². The Bertz CT molecular complexity index is 366. The van der Waals surface area contributed by atoms with Gasteiger partial charge in [0.1, 0.15) is 0 Å². The highest BCUT2D eigenvalue weighted by Gasteiger charge is 2.22. The Morgan fingerprint density at radius 1 is 1.21 bits per heavy atom. The average molecular weight is 261 g/mol. The van der Waals surface area contributed by atoms with E-state index >= 15 is 0 Å². The fourth-order valence-corrected chi connectivity index (χ4v) is 2.89. The molecule has 1 saturated heterocycles. The van der Waals surface area contributed by atoms with Crippen LogP contribution in [0, 0.1) is 0 Å². The normalized spacial score (nSPS) is 17.6. The van der Waals surface area contributed by atoms with E-state index in [0.717, 1.165) is 19.5 Å². The standard InChI is InChI=1S/C16H27N3/c1-3-14-4-6-15(7-5-14)18(2)16-8-11-19(12-9-16)13-10-17/h4-7,16H,3,8-13,17H2,1-2H3. The first kappa shape index (κ1) is 14.4. The molecule has 19 heavy (non-hydrogen) atoms. The monoisotopic (exact) mass is 261 g/mol. The Kier molecular flexibility index (Phi) is 5.23. The molecule has 3 heteroatoms. The zero-order valence-corrected chi connectivity index (χ0v) is 12.3. The molecule has 3 nitrogen and oxygen atoms in total. The van der Waals surface area contributed by atoms with Crippen molar-refractivity contribution in [3.05, 3.63) is 29.8 Å². The van der Waals surface area contributed by atoms with E-state index in [1.165, 1.54) is 37.2 Å². The van der Waals surface area contributed by atoms with Crippen molar-refractivity contribution in [2.75, 3.05) is 38.1 Å². The Labute approximate surface area is 117 Å². The summed E-state index contributed by atoms with van der Waals surface area (Å²) in [6, 6.07) is 9.67. The van der Waals surface area contributed by atoms with Crippen LogP contribution in [0.3, 0.4) is 0 Å². The van der Waals surface area contributed by atoms with Gasteiger partial charge in [0.05, 0.1) is 0 Å². The predicted octanol–water partition coefficient (Wildman–Crippen LogP) is 2.11. The average Bonchev–Trinajstić information content (AvgIpc) is 2.48. The minimum Gasteiger partial charge on any atom is -0.372 e. The Morgan fingerprint density at radius 3 is 2.37 bits per heavy atom. The molecule has 2 N–H and O–H groups in total. The van der Waals surface area contributed by atoms with Gasteiger partial charge in [-0.3, -0.25) is 0 Å². The Hall–Kier alpha value is -1.06. The first-order valence-electron chi connectivity index (χ1n) is 7.48. The molecule has 0 unspecified atom stereocenters. The van der Waals surface area contributed by atoms with Crippen molar-refractivity contribution in [3.63, 3.8) is 0 Å². The smallest absolute Gasteiger partial charge is 0.0366 e. The van der Waals surface area contributed by atoms with Crippen LogP contribution in [0.4, 0.5) is 5.69 Å². The Balaban J connectivity index is 1.91. The first-order chi connectivity index (χ1) is 9.24. The van der Waals surface area contributed by atoms with Crippen molar-refractivity contribution >= 4 is 5.69 Å². The number of hydrogen-bond donors (Lipinski definition) is 1. The molecule has 106 valence electrons. The SMILES string of the molecule is CCc1ccc(N(C)C2CCN(CCN)CC2)cc1. The number of nitrogens with two attached hydrogens (primary N) is 1. The fourth-order valence-electron chi connectivity index (χ4n) is 2.89.